The van der Waals surface area contributed by atoms with Crippen LogP contribution in [-0.4, -0.2) is 32.5 Å². The number of rotatable bonds is 5. The maximum Gasteiger partial charge on any atom is 0.126 e. The van der Waals surface area contributed by atoms with Crippen LogP contribution in [-0.2, 0) is 20.8 Å². The molecule has 0 radical (unpaired) electrons. The lowest BCUT2D eigenvalue weighted by molar-refractivity contribution is -0.0305. The lowest BCUT2D eigenvalue weighted by Gasteiger charge is -2.18. The van der Waals surface area contributed by atoms with E-state index in [1.165, 1.54) is 6.07 Å². The van der Waals surface area contributed by atoms with E-state index in [2.05, 4.69) is 0 Å². The third-order valence-electron chi connectivity index (χ3n) is 4.48. The Morgan fingerprint density at radius 1 is 0.960 bits per heavy atom. The predicted molar refractivity (Wildman–Crippen MR) is 95.0 cm³/mol. The lowest BCUT2D eigenvalue weighted by atomic mass is 9.96. The minimum Gasteiger partial charge on any atom is -0.381 e. The minimum absolute atomic E-state index is 0.0167. The predicted octanol–water partition coefficient (Wildman–Crippen LogP) is 4.32. The second kappa shape index (κ2) is 9.66. The fourth-order valence-electron chi connectivity index (χ4n) is 3.05. The molecule has 25 heavy (non-hydrogen) atoms. The molecule has 0 amide bonds. The Bertz CT molecular complexity index is 632. The second-order valence-corrected chi connectivity index (χ2v) is 6.36. The zero-order valence-electron chi connectivity index (χ0n) is 14.4. The molecule has 2 aromatic rings. The van der Waals surface area contributed by atoms with Gasteiger partial charge in [-0.15, -0.1) is 0 Å². The van der Waals surface area contributed by atoms with Gasteiger partial charge in [-0.25, -0.2) is 4.39 Å². The molecule has 0 saturated carbocycles. The van der Waals surface area contributed by atoms with E-state index in [4.69, 9.17) is 14.2 Å². The van der Waals surface area contributed by atoms with Gasteiger partial charge in [-0.3, -0.25) is 0 Å². The molecular formula is C21H25FO3. The van der Waals surface area contributed by atoms with Gasteiger partial charge in [0, 0.05) is 19.1 Å². The van der Waals surface area contributed by atoms with Crippen molar-refractivity contribution in [2.45, 2.75) is 31.5 Å². The van der Waals surface area contributed by atoms with Crippen LogP contribution in [0.5, 0.6) is 0 Å². The first-order valence-corrected chi connectivity index (χ1v) is 8.88. The quantitative estimate of drug-likeness (QED) is 0.808. The van der Waals surface area contributed by atoms with Crippen molar-refractivity contribution in [1.82, 2.24) is 0 Å². The lowest BCUT2D eigenvalue weighted by Crippen LogP contribution is -2.21. The number of hydrogen-bond donors (Lipinski definition) is 0. The van der Waals surface area contributed by atoms with Crippen molar-refractivity contribution in [1.29, 1.82) is 0 Å². The Morgan fingerprint density at radius 2 is 1.76 bits per heavy atom. The van der Waals surface area contributed by atoms with Crippen LogP contribution in [0.25, 0.3) is 0 Å². The number of benzene rings is 2. The summed E-state index contributed by atoms with van der Waals surface area (Å²) in [7, 11) is 0. The highest BCUT2D eigenvalue weighted by molar-refractivity contribution is 5.21. The summed E-state index contributed by atoms with van der Waals surface area (Å²) < 4.78 is 31.5. The molecule has 0 bridgehead atoms. The monoisotopic (exact) mass is 344 g/mol. The fourth-order valence-corrected chi connectivity index (χ4v) is 3.05. The summed E-state index contributed by atoms with van der Waals surface area (Å²) in [5.74, 6) is -0.136. The molecule has 1 aliphatic rings. The molecule has 0 N–H and O–H groups in total. The Morgan fingerprint density at radius 3 is 2.60 bits per heavy atom. The molecule has 0 spiro atoms. The van der Waals surface area contributed by atoms with Gasteiger partial charge in [-0.05, 0) is 30.0 Å². The summed E-state index contributed by atoms with van der Waals surface area (Å²) in [6.45, 7) is 2.84. The first kappa shape index (κ1) is 18.1. The van der Waals surface area contributed by atoms with Crippen LogP contribution in [0.15, 0.2) is 54.6 Å². The van der Waals surface area contributed by atoms with Crippen LogP contribution in [0.1, 0.15) is 29.9 Å². The third kappa shape index (κ3) is 5.63. The number of halogens is 1. The summed E-state index contributed by atoms with van der Waals surface area (Å²) in [4.78, 5) is 0. The van der Waals surface area contributed by atoms with E-state index >= 15 is 0 Å². The largest absolute Gasteiger partial charge is 0.381 e. The van der Waals surface area contributed by atoms with Crippen LogP contribution < -0.4 is 0 Å². The molecule has 0 aromatic heterocycles. The highest BCUT2D eigenvalue weighted by atomic mass is 19.1. The Balaban J connectivity index is 1.47. The van der Waals surface area contributed by atoms with E-state index in [1.807, 2.05) is 42.5 Å². The molecule has 1 fully saturated rings. The van der Waals surface area contributed by atoms with Crippen LogP contribution in [0.2, 0.25) is 0 Å². The van der Waals surface area contributed by atoms with Crippen molar-refractivity contribution in [3.05, 3.63) is 71.5 Å². The van der Waals surface area contributed by atoms with Crippen molar-refractivity contribution in [3.63, 3.8) is 0 Å². The van der Waals surface area contributed by atoms with Gasteiger partial charge < -0.3 is 14.2 Å². The Labute approximate surface area is 148 Å². The van der Waals surface area contributed by atoms with E-state index < -0.39 is 0 Å². The van der Waals surface area contributed by atoms with Crippen LogP contribution in [0.3, 0.4) is 0 Å². The summed E-state index contributed by atoms with van der Waals surface area (Å²) in [6, 6.07) is 17.0. The molecule has 1 saturated heterocycles. The van der Waals surface area contributed by atoms with E-state index in [1.54, 1.807) is 6.07 Å². The molecule has 134 valence electrons. The number of ether oxygens (including phenoxy) is 3. The molecule has 0 aliphatic carbocycles. The van der Waals surface area contributed by atoms with Crippen molar-refractivity contribution >= 4 is 0 Å². The van der Waals surface area contributed by atoms with Gasteiger partial charge in [-0.2, -0.15) is 0 Å². The molecule has 2 atom stereocenters. The van der Waals surface area contributed by atoms with Gasteiger partial charge in [0.1, 0.15) is 5.82 Å². The third-order valence-corrected chi connectivity index (χ3v) is 4.48. The molecule has 3 nitrogen and oxygen atoms in total. The minimum atomic E-state index is -0.168. The van der Waals surface area contributed by atoms with Gasteiger partial charge in [0.15, 0.2) is 0 Å². The summed E-state index contributed by atoms with van der Waals surface area (Å²) in [5.41, 5.74) is 1.87. The molecule has 2 aromatic carbocycles. The smallest absolute Gasteiger partial charge is 0.126 e. The zero-order chi connectivity index (χ0) is 17.3. The van der Waals surface area contributed by atoms with Crippen molar-refractivity contribution in [3.8, 4) is 0 Å². The average Bonchev–Trinajstić information content (AvgIpc) is 2.75. The molecule has 3 rings (SSSR count). The highest BCUT2D eigenvalue weighted by Crippen LogP contribution is 2.24. The summed E-state index contributed by atoms with van der Waals surface area (Å²) in [5, 5.41) is 0. The maximum atomic E-state index is 14.0. The normalized spacial score (nSPS) is 22.0. The van der Waals surface area contributed by atoms with Gasteiger partial charge in [0.05, 0.1) is 25.9 Å². The highest BCUT2D eigenvalue weighted by Gasteiger charge is 2.19. The van der Waals surface area contributed by atoms with E-state index in [0.717, 1.165) is 18.4 Å². The second-order valence-electron chi connectivity index (χ2n) is 6.36. The molecule has 1 heterocycles. The van der Waals surface area contributed by atoms with Crippen LogP contribution >= 0.6 is 0 Å². The first-order valence-electron chi connectivity index (χ1n) is 8.88. The standard InChI is InChI=1S/C21H25FO3/c22-21-9-5-4-8-20(21)18-10-13-25-19(11-12-23-15-18)16-24-14-17-6-2-1-3-7-17/h1-9,18-19H,10-16H2/t18-,19-/m0/s1. The van der Waals surface area contributed by atoms with Crippen LogP contribution in [0.4, 0.5) is 4.39 Å². The van der Waals surface area contributed by atoms with E-state index in [0.29, 0.717) is 38.6 Å². The zero-order valence-corrected chi connectivity index (χ0v) is 14.4. The van der Waals surface area contributed by atoms with Crippen molar-refractivity contribution in [2.75, 3.05) is 26.4 Å². The average molecular weight is 344 g/mol. The molecular weight excluding hydrogens is 319 g/mol. The Kier molecular flexibility index (Phi) is 6.98. The number of hydrogen-bond acceptors (Lipinski definition) is 3. The van der Waals surface area contributed by atoms with E-state index in [9.17, 15) is 4.39 Å². The van der Waals surface area contributed by atoms with E-state index in [-0.39, 0.29) is 17.8 Å². The van der Waals surface area contributed by atoms with Crippen LogP contribution in [0, 0.1) is 5.82 Å². The van der Waals surface area contributed by atoms with Crippen molar-refractivity contribution in [2.24, 2.45) is 0 Å². The maximum absolute atomic E-state index is 14.0. The first-order chi connectivity index (χ1) is 12.3. The molecule has 0 unspecified atom stereocenters. The van der Waals surface area contributed by atoms with Gasteiger partial charge in [0.2, 0.25) is 0 Å². The SMILES string of the molecule is Fc1ccccc1[C@H]1CCO[C@H](COCc2ccccc2)CCOC1. The summed E-state index contributed by atoms with van der Waals surface area (Å²) in [6.07, 6.45) is 1.55. The van der Waals surface area contributed by atoms with Gasteiger partial charge >= 0.3 is 0 Å². The summed E-state index contributed by atoms with van der Waals surface area (Å²) >= 11 is 0. The topological polar surface area (TPSA) is 27.7 Å². The molecule has 4 heteroatoms. The Hall–Kier alpha value is -1.75. The fraction of sp³-hybridized carbons (Fsp3) is 0.429. The molecule has 1 aliphatic heterocycles. The van der Waals surface area contributed by atoms with Crippen molar-refractivity contribution < 1.29 is 18.6 Å². The van der Waals surface area contributed by atoms with Gasteiger partial charge in [-0.1, -0.05) is 48.5 Å². The van der Waals surface area contributed by atoms with Gasteiger partial charge in [0.25, 0.3) is 0 Å².